The first-order valence-corrected chi connectivity index (χ1v) is 10.9. The standard InChI is InChI=1S/C23H27Cl2N3O.2ClH/c1-17-21(15-26-8-9-27-10-12-29-13-11-27)20-4-2-3-5-23(20)28(17)16-18-6-7-19(24)14-22(18)25;;/h2-7,14,26H,8-13,15-16H2,1H3;2*1H. The Morgan fingerprint density at radius 1 is 1.03 bits per heavy atom. The van der Waals surface area contributed by atoms with Crippen LogP contribution in [0.2, 0.25) is 10.0 Å². The van der Waals surface area contributed by atoms with Crippen LogP contribution in [0.25, 0.3) is 10.9 Å². The van der Waals surface area contributed by atoms with Gasteiger partial charge in [-0.1, -0.05) is 47.5 Å². The summed E-state index contributed by atoms with van der Waals surface area (Å²) in [6, 6.07) is 14.3. The molecule has 4 nitrogen and oxygen atoms in total. The number of hydrogen-bond donors (Lipinski definition) is 1. The highest BCUT2D eigenvalue weighted by molar-refractivity contribution is 6.35. The van der Waals surface area contributed by atoms with E-state index in [4.69, 9.17) is 27.9 Å². The van der Waals surface area contributed by atoms with Crippen LogP contribution in [0.15, 0.2) is 42.5 Å². The summed E-state index contributed by atoms with van der Waals surface area (Å²) in [4.78, 5) is 2.45. The van der Waals surface area contributed by atoms with Crippen molar-refractivity contribution >= 4 is 58.9 Å². The molecule has 31 heavy (non-hydrogen) atoms. The lowest BCUT2D eigenvalue weighted by Crippen LogP contribution is -2.40. The minimum atomic E-state index is 0. The molecule has 1 aromatic heterocycles. The Hall–Kier alpha value is -0.980. The van der Waals surface area contributed by atoms with Gasteiger partial charge in [-0.3, -0.25) is 4.90 Å². The van der Waals surface area contributed by atoms with Crippen LogP contribution in [-0.2, 0) is 17.8 Å². The predicted molar refractivity (Wildman–Crippen MR) is 136 cm³/mol. The maximum absolute atomic E-state index is 6.44. The molecule has 1 saturated heterocycles. The number of nitrogens with zero attached hydrogens (tertiary/aromatic N) is 2. The second-order valence-corrected chi connectivity index (χ2v) is 8.38. The SMILES string of the molecule is Cc1c(CNCCN2CCOCC2)c2ccccc2n1Cc1ccc(Cl)cc1Cl.Cl.Cl. The molecular formula is C23H29Cl4N3O. The van der Waals surface area contributed by atoms with Crippen molar-refractivity contribution in [2.75, 3.05) is 39.4 Å². The number of aromatic nitrogens is 1. The average Bonchev–Trinajstić information content (AvgIpc) is 2.99. The number of fused-ring (bicyclic) bond motifs is 1. The van der Waals surface area contributed by atoms with E-state index in [0.29, 0.717) is 10.0 Å². The van der Waals surface area contributed by atoms with Crippen molar-refractivity contribution in [1.82, 2.24) is 14.8 Å². The Labute approximate surface area is 206 Å². The summed E-state index contributed by atoms with van der Waals surface area (Å²) in [5.74, 6) is 0. The molecule has 170 valence electrons. The van der Waals surface area contributed by atoms with Crippen LogP contribution in [0.4, 0.5) is 0 Å². The van der Waals surface area contributed by atoms with Crippen molar-refractivity contribution in [1.29, 1.82) is 0 Å². The lowest BCUT2D eigenvalue weighted by molar-refractivity contribution is 0.0384. The van der Waals surface area contributed by atoms with Crippen LogP contribution in [0.3, 0.4) is 0 Å². The minimum Gasteiger partial charge on any atom is -0.379 e. The number of benzene rings is 2. The molecule has 0 atom stereocenters. The normalized spacial score (nSPS) is 14.3. The highest BCUT2D eigenvalue weighted by Gasteiger charge is 2.15. The van der Waals surface area contributed by atoms with Crippen LogP contribution in [-0.4, -0.2) is 48.9 Å². The summed E-state index contributed by atoms with van der Waals surface area (Å²) < 4.78 is 7.77. The van der Waals surface area contributed by atoms with Gasteiger partial charge in [-0.15, -0.1) is 24.8 Å². The van der Waals surface area contributed by atoms with E-state index in [1.165, 1.54) is 22.2 Å². The topological polar surface area (TPSA) is 29.4 Å². The van der Waals surface area contributed by atoms with E-state index < -0.39 is 0 Å². The predicted octanol–water partition coefficient (Wildman–Crippen LogP) is 5.57. The molecule has 0 aliphatic carbocycles. The molecule has 4 rings (SSSR count). The Bertz CT molecular complexity index is 986. The second-order valence-electron chi connectivity index (χ2n) is 7.53. The Morgan fingerprint density at radius 2 is 1.77 bits per heavy atom. The third-order valence-electron chi connectivity index (χ3n) is 5.72. The second kappa shape index (κ2) is 12.3. The van der Waals surface area contributed by atoms with Crippen LogP contribution in [0.1, 0.15) is 16.8 Å². The molecule has 8 heteroatoms. The van der Waals surface area contributed by atoms with Gasteiger partial charge in [0.2, 0.25) is 0 Å². The number of nitrogens with one attached hydrogen (secondary N) is 1. The number of hydrogen-bond acceptors (Lipinski definition) is 3. The highest BCUT2D eigenvalue weighted by Crippen LogP contribution is 2.29. The molecule has 0 amide bonds. The zero-order chi connectivity index (χ0) is 20.2. The Kier molecular flexibility index (Phi) is 10.4. The van der Waals surface area contributed by atoms with Crippen molar-refractivity contribution in [3.05, 3.63) is 69.3 Å². The molecule has 0 saturated carbocycles. The molecule has 2 heterocycles. The average molecular weight is 505 g/mol. The lowest BCUT2D eigenvalue weighted by atomic mass is 10.1. The fourth-order valence-corrected chi connectivity index (χ4v) is 4.49. The molecule has 0 unspecified atom stereocenters. The molecule has 1 N–H and O–H groups in total. The van der Waals surface area contributed by atoms with E-state index in [0.717, 1.165) is 58.0 Å². The van der Waals surface area contributed by atoms with Gasteiger partial charge >= 0.3 is 0 Å². The van der Waals surface area contributed by atoms with Crippen molar-refractivity contribution in [3.8, 4) is 0 Å². The monoisotopic (exact) mass is 503 g/mol. The quantitative estimate of drug-likeness (QED) is 0.426. The van der Waals surface area contributed by atoms with E-state index >= 15 is 0 Å². The molecule has 1 aliphatic rings. The van der Waals surface area contributed by atoms with Crippen molar-refractivity contribution in [2.24, 2.45) is 0 Å². The van der Waals surface area contributed by atoms with Crippen LogP contribution in [0, 0.1) is 6.92 Å². The molecule has 1 fully saturated rings. The van der Waals surface area contributed by atoms with Crippen molar-refractivity contribution in [2.45, 2.75) is 20.0 Å². The van der Waals surface area contributed by atoms with E-state index in [-0.39, 0.29) is 24.8 Å². The third-order valence-corrected chi connectivity index (χ3v) is 6.30. The highest BCUT2D eigenvalue weighted by atomic mass is 35.5. The molecule has 3 aromatic rings. The maximum atomic E-state index is 6.44. The summed E-state index contributed by atoms with van der Waals surface area (Å²) in [5, 5.41) is 6.31. The zero-order valence-electron chi connectivity index (χ0n) is 17.6. The minimum absolute atomic E-state index is 0. The zero-order valence-corrected chi connectivity index (χ0v) is 20.7. The van der Waals surface area contributed by atoms with Gasteiger partial charge in [-0.25, -0.2) is 0 Å². The van der Waals surface area contributed by atoms with Gasteiger partial charge in [0.05, 0.1) is 13.2 Å². The van der Waals surface area contributed by atoms with Gasteiger partial charge in [0, 0.05) is 65.9 Å². The van der Waals surface area contributed by atoms with Gasteiger partial charge in [0.15, 0.2) is 0 Å². The summed E-state index contributed by atoms with van der Waals surface area (Å²) in [5.41, 5.74) is 4.94. The van der Waals surface area contributed by atoms with Crippen molar-refractivity contribution < 1.29 is 4.74 Å². The first-order valence-electron chi connectivity index (χ1n) is 10.1. The largest absolute Gasteiger partial charge is 0.379 e. The molecule has 0 bridgehead atoms. The number of rotatable bonds is 7. The first kappa shape index (κ1) is 26.3. The van der Waals surface area contributed by atoms with Gasteiger partial charge in [-0.2, -0.15) is 0 Å². The van der Waals surface area contributed by atoms with Gasteiger partial charge in [-0.05, 0) is 36.2 Å². The summed E-state index contributed by atoms with van der Waals surface area (Å²) >= 11 is 12.5. The molecule has 0 spiro atoms. The smallest absolute Gasteiger partial charge is 0.0594 e. The van der Waals surface area contributed by atoms with E-state index in [9.17, 15) is 0 Å². The van der Waals surface area contributed by atoms with Crippen LogP contribution >= 0.6 is 48.0 Å². The van der Waals surface area contributed by atoms with E-state index in [1.807, 2.05) is 18.2 Å². The molecule has 0 radical (unpaired) electrons. The van der Waals surface area contributed by atoms with E-state index in [2.05, 4.69) is 46.0 Å². The molecular weight excluding hydrogens is 476 g/mol. The number of para-hydroxylation sites is 1. The Morgan fingerprint density at radius 3 is 2.52 bits per heavy atom. The van der Waals surface area contributed by atoms with Gasteiger partial charge in [0.25, 0.3) is 0 Å². The third kappa shape index (κ3) is 6.29. The maximum Gasteiger partial charge on any atom is 0.0594 e. The molecule has 1 aliphatic heterocycles. The fourth-order valence-electron chi connectivity index (χ4n) is 4.03. The summed E-state index contributed by atoms with van der Waals surface area (Å²) in [7, 11) is 0. The number of morpholine rings is 1. The fraction of sp³-hybridized carbons (Fsp3) is 0.391. The van der Waals surface area contributed by atoms with E-state index in [1.54, 1.807) is 0 Å². The van der Waals surface area contributed by atoms with Crippen molar-refractivity contribution in [3.63, 3.8) is 0 Å². The van der Waals surface area contributed by atoms with Crippen LogP contribution < -0.4 is 5.32 Å². The summed E-state index contributed by atoms with van der Waals surface area (Å²) in [6.07, 6.45) is 0. The molecule has 2 aromatic carbocycles. The summed E-state index contributed by atoms with van der Waals surface area (Å²) in [6.45, 7) is 9.57. The number of ether oxygens (including phenoxy) is 1. The lowest BCUT2D eigenvalue weighted by Gasteiger charge is -2.26. The van der Waals surface area contributed by atoms with Gasteiger partial charge in [0.1, 0.15) is 0 Å². The van der Waals surface area contributed by atoms with Gasteiger partial charge < -0.3 is 14.6 Å². The van der Waals surface area contributed by atoms with Crippen LogP contribution in [0.5, 0.6) is 0 Å². The Balaban J connectivity index is 0.00000171. The number of halogens is 4. The first-order chi connectivity index (χ1) is 14.1.